The molecule has 2 aromatic carbocycles. The molecular formula is C20H12Cl2FN3OS. The Balaban J connectivity index is 1.70. The van der Waals surface area contributed by atoms with Gasteiger partial charge in [0.2, 0.25) is 0 Å². The second kappa shape index (κ2) is 8.98. The molecule has 0 radical (unpaired) electrons. The van der Waals surface area contributed by atoms with Gasteiger partial charge in [0.25, 0.3) is 5.91 Å². The van der Waals surface area contributed by atoms with Crippen molar-refractivity contribution in [1.29, 1.82) is 5.26 Å². The van der Waals surface area contributed by atoms with Crippen LogP contribution in [0.1, 0.15) is 16.0 Å². The van der Waals surface area contributed by atoms with Crippen LogP contribution in [0.4, 0.5) is 9.52 Å². The Kier molecular flexibility index (Phi) is 6.42. The van der Waals surface area contributed by atoms with Gasteiger partial charge in [0.1, 0.15) is 17.5 Å². The van der Waals surface area contributed by atoms with E-state index in [1.54, 1.807) is 18.3 Å². The number of nitriles is 1. The predicted molar refractivity (Wildman–Crippen MR) is 110 cm³/mol. The minimum Gasteiger partial charge on any atom is -0.297 e. The minimum atomic E-state index is -0.586. The molecule has 3 aromatic rings. The summed E-state index contributed by atoms with van der Waals surface area (Å²) in [5, 5.41) is 13.3. The number of aromatic nitrogens is 1. The van der Waals surface area contributed by atoms with Gasteiger partial charge in [0, 0.05) is 27.5 Å². The number of benzene rings is 2. The summed E-state index contributed by atoms with van der Waals surface area (Å²) in [6.45, 7) is 0. The fourth-order valence-corrected chi connectivity index (χ4v) is 3.64. The minimum absolute atomic E-state index is 0.107. The van der Waals surface area contributed by atoms with Crippen LogP contribution in [0.25, 0.3) is 6.08 Å². The lowest BCUT2D eigenvalue weighted by Crippen LogP contribution is -2.13. The zero-order valence-corrected chi connectivity index (χ0v) is 16.6. The Morgan fingerprint density at radius 2 is 2.00 bits per heavy atom. The SMILES string of the molecule is N#C/C(=C\c1ccc(F)cc1)C(=O)Nc1ncc(Cc2ccc(Cl)cc2Cl)s1. The van der Waals surface area contributed by atoms with E-state index in [-0.39, 0.29) is 5.57 Å². The summed E-state index contributed by atoms with van der Waals surface area (Å²) in [5.41, 5.74) is 1.33. The monoisotopic (exact) mass is 431 g/mol. The van der Waals surface area contributed by atoms with Gasteiger partial charge in [0.05, 0.1) is 0 Å². The van der Waals surface area contributed by atoms with Crippen molar-refractivity contribution >= 4 is 51.7 Å². The van der Waals surface area contributed by atoms with Gasteiger partial charge < -0.3 is 0 Å². The molecule has 0 fully saturated rings. The van der Waals surface area contributed by atoms with E-state index >= 15 is 0 Å². The van der Waals surface area contributed by atoms with Crippen LogP contribution in [0.3, 0.4) is 0 Å². The standard InChI is InChI=1S/C20H12Cl2FN3OS/c21-15-4-3-13(18(22)9-15)8-17-11-25-20(28-17)26-19(27)14(10-24)7-12-1-5-16(23)6-2-12/h1-7,9,11H,8H2,(H,25,26,27)/b14-7+. The molecule has 0 atom stereocenters. The van der Waals surface area contributed by atoms with Crippen molar-refractivity contribution < 1.29 is 9.18 Å². The van der Waals surface area contributed by atoms with E-state index in [0.717, 1.165) is 10.4 Å². The van der Waals surface area contributed by atoms with Crippen LogP contribution in [-0.4, -0.2) is 10.9 Å². The zero-order chi connectivity index (χ0) is 20.1. The van der Waals surface area contributed by atoms with E-state index in [4.69, 9.17) is 23.2 Å². The van der Waals surface area contributed by atoms with Gasteiger partial charge in [-0.1, -0.05) is 41.4 Å². The molecule has 0 bridgehead atoms. The smallest absolute Gasteiger partial charge is 0.268 e. The number of halogens is 3. The average Bonchev–Trinajstić information content (AvgIpc) is 3.10. The van der Waals surface area contributed by atoms with Crippen molar-refractivity contribution in [2.75, 3.05) is 5.32 Å². The lowest BCUT2D eigenvalue weighted by Gasteiger charge is -2.02. The van der Waals surface area contributed by atoms with Gasteiger partial charge in [0.15, 0.2) is 5.13 Å². The first-order valence-corrected chi connectivity index (χ1v) is 9.59. The summed E-state index contributed by atoms with van der Waals surface area (Å²) >= 11 is 13.4. The third-order valence-corrected chi connectivity index (χ3v) is 5.20. The molecule has 0 spiro atoms. The van der Waals surface area contributed by atoms with E-state index in [9.17, 15) is 14.4 Å². The highest BCUT2D eigenvalue weighted by Crippen LogP contribution is 2.27. The van der Waals surface area contributed by atoms with Gasteiger partial charge in [-0.3, -0.25) is 10.1 Å². The van der Waals surface area contributed by atoms with Crippen LogP contribution in [0.15, 0.2) is 54.2 Å². The number of anilines is 1. The molecule has 1 aromatic heterocycles. The average molecular weight is 432 g/mol. The van der Waals surface area contributed by atoms with Gasteiger partial charge in [-0.15, -0.1) is 11.3 Å². The molecular weight excluding hydrogens is 420 g/mol. The molecule has 0 saturated carbocycles. The van der Waals surface area contributed by atoms with Crippen molar-refractivity contribution in [3.63, 3.8) is 0 Å². The van der Waals surface area contributed by atoms with Gasteiger partial charge >= 0.3 is 0 Å². The van der Waals surface area contributed by atoms with Gasteiger partial charge in [-0.05, 0) is 41.5 Å². The van der Waals surface area contributed by atoms with Crippen LogP contribution in [0.2, 0.25) is 10.0 Å². The highest BCUT2D eigenvalue weighted by molar-refractivity contribution is 7.15. The molecule has 140 valence electrons. The quantitative estimate of drug-likeness (QED) is 0.414. The first-order chi connectivity index (χ1) is 13.4. The van der Waals surface area contributed by atoms with Crippen LogP contribution in [0.5, 0.6) is 0 Å². The lowest BCUT2D eigenvalue weighted by atomic mass is 10.1. The molecule has 1 N–H and O–H groups in total. The molecule has 0 aliphatic carbocycles. The van der Waals surface area contributed by atoms with E-state index < -0.39 is 11.7 Å². The van der Waals surface area contributed by atoms with Crippen molar-refractivity contribution in [2.24, 2.45) is 0 Å². The van der Waals surface area contributed by atoms with Crippen LogP contribution in [0, 0.1) is 17.1 Å². The number of rotatable bonds is 5. The van der Waals surface area contributed by atoms with Crippen molar-refractivity contribution in [3.05, 3.63) is 86.1 Å². The second-order valence-electron chi connectivity index (χ2n) is 5.72. The van der Waals surface area contributed by atoms with Crippen LogP contribution >= 0.6 is 34.5 Å². The van der Waals surface area contributed by atoms with Gasteiger partial charge in [-0.2, -0.15) is 5.26 Å². The van der Waals surface area contributed by atoms with Crippen LogP contribution < -0.4 is 5.32 Å². The zero-order valence-electron chi connectivity index (χ0n) is 14.2. The van der Waals surface area contributed by atoms with Crippen molar-refractivity contribution in [2.45, 2.75) is 6.42 Å². The number of thiazole rings is 1. The first kappa shape index (κ1) is 20.0. The fraction of sp³-hybridized carbons (Fsp3) is 0.0500. The second-order valence-corrected chi connectivity index (χ2v) is 7.68. The fourth-order valence-electron chi connectivity index (χ4n) is 2.34. The van der Waals surface area contributed by atoms with Crippen LogP contribution in [-0.2, 0) is 11.2 Å². The topological polar surface area (TPSA) is 65.8 Å². The molecule has 0 unspecified atom stereocenters. The molecule has 8 heteroatoms. The van der Waals surface area contributed by atoms with E-state index in [2.05, 4.69) is 10.3 Å². The first-order valence-electron chi connectivity index (χ1n) is 8.02. The summed E-state index contributed by atoms with van der Waals surface area (Å²) in [5.74, 6) is -0.978. The molecule has 0 aliphatic rings. The maximum absolute atomic E-state index is 13.0. The summed E-state index contributed by atoms with van der Waals surface area (Å²) < 4.78 is 13.0. The third-order valence-electron chi connectivity index (χ3n) is 3.70. The Bertz CT molecular complexity index is 1090. The summed E-state index contributed by atoms with van der Waals surface area (Å²) in [7, 11) is 0. The number of carbonyl (C=O) groups excluding carboxylic acids is 1. The number of hydrogen-bond acceptors (Lipinski definition) is 4. The largest absolute Gasteiger partial charge is 0.297 e. The Labute approximate surface area is 174 Å². The van der Waals surface area contributed by atoms with Gasteiger partial charge in [-0.25, -0.2) is 9.37 Å². The normalized spacial score (nSPS) is 11.1. The molecule has 1 heterocycles. The molecule has 4 nitrogen and oxygen atoms in total. The Hall–Kier alpha value is -2.72. The maximum Gasteiger partial charge on any atom is 0.268 e. The Morgan fingerprint density at radius 3 is 2.68 bits per heavy atom. The lowest BCUT2D eigenvalue weighted by molar-refractivity contribution is -0.112. The number of nitrogens with zero attached hydrogens (tertiary/aromatic N) is 2. The summed E-state index contributed by atoms with van der Waals surface area (Å²) in [4.78, 5) is 17.4. The van der Waals surface area contributed by atoms with Crippen molar-refractivity contribution in [1.82, 2.24) is 4.98 Å². The number of amides is 1. The molecule has 0 aliphatic heterocycles. The van der Waals surface area contributed by atoms with E-state index in [0.29, 0.717) is 27.2 Å². The highest BCUT2D eigenvalue weighted by atomic mass is 35.5. The van der Waals surface area contributed by atoms with Crippen molar-refractivity contribution in [3.8, 4) is 6.07 Å². The Morgan fingerprint density at radius 1 is 1.25 bits per heavy atom. The van der Waals surface area contributed by atoms with E-state index in [1.807, 2.05) is 12.1 Å². The summed E-state index contributed by atoms with van der Waals surface area (Å²) in [6.07, 6.45) is 3.57. The molecule has 1 amide bonds. The number of hydrogen-bond donors (Lipinski definition) is 1. The highest BCUT2D eigenvalue weighted by Gasteiger charge is 2.13. The summed E-state index contributed by atoms with van der Waals surface area (Å²) in [6, 6.07) is 12.6. The number of carbonyl (C=O) groups is 1. The number of nitrogens with one attached hydrogen (secondary N) is 1. The molecule has 28 heavy (non-hydrogen) atoms. The van der Waals surface area contributed by atoms with E-state index in [1.165, 1.54) is 41.7 Å². The maximum atomic E-state index is 13.0. The molecule has 0 saturated heterocycles. The molecule has 3 rings (SSSR count). The third kappa shape index (κ3) is 5.17. The predicted octanol–water partition coefficient (Wildman–Crippen LogP) is 5.73.